The maximum Gasteiger partial charge on any atom is 0.422 e. The van der Waals surface area contributed by atoms with Crippen LogP contribution in [0.1, 0.15) is 10.4 Å². The summed E-state index contributed by atoms with van der Waals surface area (Å²) in [5.74, 6) is -2.03. The smallest absolute Gasteiger partial charge is 0.422 e. The van der Waals surface area contributed by atoms with E-state index in [2.05, 4.69) is 15.0 Å². The van der Waals surface area contributed by atoms with Crippen molar-refractivity contribution in [1.82, 2.24) is 4.98 Å². The van der Waals surface area contributed by atoms with Gasteiger partial charge in [0.1, 0.15) is 5.82 Å². The fourth-order valence-electron chi connectivity index (χ4n) is 1.78. The summed E-state index contributed by atoms with van der Waals surface area (Å²) in [6, 6.07) is 5.07. The van der Waals surface area contributed by atoms with Crippen LogP contribution in [0.4, 0.5) is 23.2 Å². The number of carbonyl (C=O) groups is 1. The highest BCUT2D eigenvalue weighted by atomic mass is 32.2. The summed E-state index contributed by atoms with van der Waals surface area (Å²) < 4.78 is 77.3. The van der Waals surface area contributed by atoms with E-state index in [9.17, 15) is 30.8 Å². The number of carbonyl (C=O) groups excluding carboxylic acids is 1. The zero-order chi connectivity index (χ0) is 19.5. The minimum Gasteiger partial charge on any atom is -0.468 e. The molecule has 0 aliphatic carbocycles. The van der Waals surface area contributed by atoms with Crippen LogP contribution in [0, 0.1) is 5.82 Å². The van der Waals surface area contributed by atoms with Gasteiger partial charge in [0, 0.05) is 18.5 Å². The molecule has 1 aromatic heterocycles. The maximum atomic E-state index is 13.8. The van der Waals surface area contributed by atoms with Gasteiger partial charge in [0.2, 0.25) is 5.88 Å². The Bertz CT molecular complexity index is 912. The number of ether oxygens (including phenoxy) is 1. The summed E-state index contributed by atoms with van der Waals surface area (Å²) >= 11 is 0. The third-order valence-corrected chi connectivity index (χ3v) is 4.11. The van der Waals surface area contributed by atoms with Crippen molar-refractivity contribution in [1.29, 1.82) is 0 Å². The lowest BCUT2D eigenvalue weighted by Crippen LogP contribution is -2.20. The van der Waals surface area contributed by atoms with E-state index in [0.717, 1.165) is 42.8 Å². The Hall–Kier alpha value is -2.69. The Morgan fingerprint density at radius 1 is 1.23 bits per heavy atom. The number of nitrogens with zero attached hydrogens (tertiary/aromatic N) is 1. The van der Waals surface area contributed by atoms with Crippen LogP contribution in [-0.2, 0) is 9.84 Å². The van der Waals surface area contributed by atoms with Crippen molar-refractivity contribution in [3.8, 4) is 5.88 Å². The van der Waals surface area contributed by atoms with Crippen molar-refractivity contribution >= 4 is 21.4 Å². The van der Waals surface area contributed by atoms with Gasteiger partial charge >= 0.3 is 6.18 Å². The van der Waals surface area contributed by atoms with Gasteiger partial charge in [0.25, 0.3) is 5.91 Å². The van der Waals surface area contributed by atoms with Gasteiger partial charge in [0.05, 0.1) is 16.1 Å². The summed E-state index contributed by atoms with van der Waals surface area (Å²) in [4.78, 5) is 15.4. The third kappa shape index (κ3) is 5.41. The molecule has 1 amide bonds. The van der Waals surface area contributed by atoms with E-state index in [4.69, 9.17) is 0 Å². The van der Waals surface area contributed by atoms with Crippen molar-refractivity contribution in [2.45, 2.75) is 11.1 Å². The van der Waals surface area contributed by atoms with Crippen LogP contribution in [0.15, 0.2) is 41.4 Å². The second kappa shape index (κ2) is 7.28. The predicted octanol–water partition coefficient (Wildman–Crippen LogP) is 2.82. The standard InChI is InChI=1S/C15H12F4N2O4S/c1-26(23,24)10-3-4-11(16)12(6-10)21-14(22)9-2-5-13(20-7-9)25-8-15(17,18)19/h2-7H,8H2,1H3,(H,21,22). The number of alkyl halides is 3. The quantitative estimate of drug-likeness (QED) is 0.625. The number of pyridine rings is 1. The monoisotopic (exact) mass is 392 g/mol. The molecule has 0 spiro atoms. The van der Waals surface area contributed by atoms with Gasteiger partial charge in [-0.3, -0.25) is 4.79 Å². The number of nitrogens with one attached hydrogen (secondary N) is 1. The van der Waals surface area contributed by atoms with E-state index in [1.807, 2.05) is 0 Å². The van der Waals surface area contributed by atoms with E-state index in [1.54, 1.807) is 0 Å². The van der Waals surface area contributed by atoms with Gasteiger partial charge in [-0.15, -0.1) is 0 Å². The van der Waals surface area contributed by atoms with E-state index < -0.39 is 34.3 Å². The molecule has 0 saturated heterocycles. The van der Waals surface area contributed by atoms with Gasteiger partial charge in [-0.1, -0.05) is 0 Å². The Morgan fingerprint density at radius 2 is 1.92 bits per heavy atom. The summed E-state index contributed by atoms with van der Waals surface area (Å²) in [5, 5.41) is 2.18. The summed E-state index contributed by atoms with van der Waals surface area (Å²) in [6.45, 7) is -1.53. The highest BCUT2D eigenvalue weighted by molar-refractivity contribution is 7.90. The number of aromatic nitrogens is 1. The van der Waals surface area contributed by atoms with E-state index in [0.29, 0.717) is 0 Å². The van der Waals surface area contributed by atoms with Crippen LogP contribution in [0.3, 0.4) is 0 Å². The molecule has 0 unspecified atom stereocenters. The molecule has 0 aliphatic rings. The number of amides is 1. The number of hydrogen-bond acceptors (Lipinski definition) is 5. The van der Waals surface area contributed by atoms with Crippen LogP contribution < -0.4 is 10.1 Å². The molecule has 140 valence electrons. The Balaban J connectivity index is 2.13. The number of benzene rings is 1. The topological polar surface area (TPSA) is 85.4 Å². The molecule has 1 aromatic carbocycles. The lowest BCUT2D eigenvalue weighted by Gasteiger charge is -2.10. The number of sulfone groups is 1. The van der Waals surface area contributed by atoms with Crippen molar-refractivity contribution < 1.29 is 35.5 Å². The zero-order valence-corrected chi connectivity index (χ0v) is 14.0. The van der Waals surface area contributed by atoms with Gasteiger partial charge in [0.15, 0.2) is 16.4 Å². The minimum absolute atomic E-state index is 0.0893. The SMILES string of the molecule is CS(=O)(=O)c1ccc(F)c(NC(=O)c2ccc(OCC(F)(F)F)nc2)c1. The minimum atomic E-state index is -4.53. The molecule has 2 aromatic rings. The Labute approximate surface area is 145 Å². The maximum absolute atomic E-state index is 13.8. The number of rotatable bonds is 5. The van der Waals surface area contributed by atoms with Gasteiger partial charge < -0.3 is 10.1 Å². The van der Waals surface area contributed by atoms with Gasteiger partial charge in [-0.25, -0.2) is 17.8 Å². The summed E-state index contributed by atoms with van der Waals surface area (Å²) in [7, 11) is -3.61. The molecule has 0 atom stereocenters. The highest BCUT2D eigenvalue weighted by Crippen LogP contribution is 2.21. The molecule has 11 heteroatoms. The fourth-order valence-corrected chi connectivity index (χ4v) is 2.43. The first-order chi connectivity index (χ1) is 12.0. The number of hydrogen-bond donors (Lipinski definition) is 1. The Morgan fingerprint density at radius 3 is 2.46 bits per heavy atom. The molecule has 0 saturated carbocycles. The molecule has 26 heavy (non-hydrogen) atoms. The molecule has 1 heterocycles. The average molecular weight is 392 g/mol. The van der Waals surface area contributed by atoms with Crippen molar-refractivity contribution in [2.75, 3.05) is 18.2 Å². The van der Waals surface area contributed by atoms with Crippen LogP contribution in [0.2, 0.25) is 0 Å². The van der Waals surface area contributed by atoms with Crippen molar-refractivity contribution in [3.05, 3.63) is 47.9 Å². The molecule has 0 aliphatic heterocycles. The predicted molar refractivity (Wildman–Crippen MR) is 83.3 cm³/mol. The fraction of sp³-hybridized carbons (Fsp3) is 0.200. The van der Waals surface area contributed by atoms with E-state index in [1.165, 1.54) is 0 Å². The molecular formula is C15H12F4N2O4S. The molecule has 6 nitrogen and oxygen atoms in total. The van der Waals surface area contributed by atoms with Crippen LogP contribution in [0.25, 0.3) is 0 Å². The lowest BCUT2D eigenvalue weighted by molar-refractivity contribution is -0.154. The zero-order valence-electron chi connectivity index (χ0n) is 13.2. The largest absolute Gasteiger partial charge is 0.468 e. The molecule has 1 N–H and O–H groups in total. The summed E-state index contributed by atoms with van der Waals surface area (Å²) in [6.07, 6.45) is -2.66. The van der Waals surface area contributed by atoms with Crippen molar-refractivity contribution in [3.63, 3.8) is 0 Å². The van der Waals surface area contributed by atoms with Gasteiger partial charge in [-0.05, 0) is 24.3 Å². The molecule has 0 fully saturated rings. The molecular weight excluding hydrogens is 380 g/mol. The first-order valence-corrected chi connectivity index (χ1v) is 8.81. The average Bonchev–Trinajstić information content (AvgIpc) is 2.53. The highest BCUT2D eigenvalue weighted by Gasteiger charge is 2.28. The van der Waals surface area contributed by atoms with Crippen LogP contribution in [0.5, 0.6) is 5.88 Å². The Kier molecular flexibility index (Phi) is 5.50. The lowest BCUT2D eigenvalue weighted by atomic mass is 10.2. The van der Waals surface area contributed by atoms with Crippen LogP contribution in [-0.4, -0.2) is 38.3 Å². The molecule has 0 bridgehead atoms. The second-order valence-electron chi connectivity index (χ2n) is 5.16. The normalized spacial score (nSPS) is 11.9. The van der Waals surface area contributed by atoms with Crippen LogP contribution >= 0.6 is 0 Å². The molecule has 0 radical (unpaired) electrons. The number of halogens is 4. The van der Waals surface area contributed by atoms with Gasteiger partial charge in [-0.2, -0.15) is 13.2 Å². The van der Waals surface area contributed by atoms with E-state index in [-0.39, 0.29) is 22.0 Å². The third-order valence-electron chi connectivity index (χ3n) is 3.00. The molecule has 2 rings (SSSR count). The number of anilines is 1. The second-order valence-corrected chi connectivity index (χ2v) is 7.17. The van der Waals surface area contributed by atoms with E-state index >= 15 is 0 Å². The first-order valence-electron chi connectivity index (χ1n) is 6.92. The van der Waals surface area contributed by atoms with Crippen molar-refractivity contribution in [2.24, 2.45) is 0 Å². The summed E-state index contributed by atoms with van der Waals surface area (Å²) in [5.41, 5.74) is -0.455. The first kappa shape index (κ1) is 19.6.